The fraction of sp³-hybridized carbons (Fsp3) is 0.304. The molecule has 0 aliphatic carbocycles. The van der Waals surface area contributed by atoms with E-state index in [2.05, 4.69) is 40.8 Å². The van der Waals surface area contributed by atoms with E-state index < -0.39 is 0 Å². The normalized spacial score (nSPS) is 10.9. The average molecular weight is 377 g/mol. The van der Waals surface area contributed by atoms with Gasteiger partial charge >= 0.3 is 0 Å². The topological polar surface area (TPSA) is 52.2 Å². The predicted octanol–water partition coefficient (Wildman–Crippen LogP) is 4.66. The van der Waals surface area contributed by atoms with Crippen molar-refractivity contribution in [1.29, 1.82) is 0 Å². The lowest BCUT2D eigenvalue weighted by Gasteiger charge is -2.27. The highest BCUT2D eigenvalue weighted by Gasteiger charge is 2.21. The number of benzene rings is 2. The highest BCUT2D eigenvalue weighted by atomic mass is 16.2. The molecular weight excluding hydrogens is 348 g/mol. The van der Waals surface area contributed by atoms with Crippen LogP contribution in [0.5, 0.6) is 0 Å². The minimum atomic E-state index is 0.0418. The van der Waals surface area contributed by atoms with E-state index in [9.17, 15) is 4.79 Å². The molecule has 0 radical (unpaired) electrons. The number of hydrogen-bond donors (Lipinski definition) is 1. The molecule has 0 unspecified atom stereocenters. The van der Waals surface area contributed by atoms with Crippen LogP contribution in [0.25, 0.3) is 0 Å². The van der Waals surface area contributed by atoms with Gasteiger partial charge in [0, 0.05) is 36.7 Å². The number of nitrogens with zero attached hydrogens (tertiary/aromatic N) is 3. The summed E-state index contributed by atoms with van der Waals surface area (Å²) < 4.78 is 0. The summed E-state index contributed by atoms with van der Waals surface area (Å²) in [7, 11) is 2.04. The van der Waals surface area contributed by atoms with Gasteiger partial charge in [0.2, 0.25) is 0 Å². The number of nitrogens with one attached hydrogen (secondary N) is 1. The molecule has 3 rings (SSSR count). The van der Waals surface area contributed by atoms with Crippen LogP contribution in [0, 0.1) is 12.8 Å². The van der Waals surface area contributed by atoms with Gasteiger partial charge in [-0.1, -0.05) is 38.1 Å². The Kier molecular flexibility index (Phi) is 6.14. The van der Waals surface area contributed by atoms with E-state index in [4.69, 9.17) is 0 Å². The standard InChI is InChI=1S/C23H28N4O/c1-17(2)14-27(23(28)22-11-6-5-8-18(22)3)21-10-7-9-20(12-21)26(4)15-19-13-24-16-25-19/h5-13,16-17H,14-15H2,1-4H3,(H,24,25). The molecule has 0 fully saturated rings. The van der Waals surface area contributed by atoms with Crippen LogP contribution in [-0.4, -0.2) is 29.5 Å². The lowest BCUT2D eigenvalue weighted by atomic mass is 10.1. The highest BCUT2D eigenvalue weighted by Crippen LogP contribution is 2.26. The maximum absolute atomic E-state index is 13.3. The first kappa shape index (κ1) is 19.7. The minimum Gasteiger partial charge on any atom is -0.369 e. The molecule has 1 heterocycles. The summed E-state index contributed by atoms with van der Waals surface area (Å²) in [5, 5.41) is 0. The molecule has 5 nitrogen and oxygen atoms in total. The van der Waals surface area contributed by atoms with Crippen LogP contribution in [0.2, 0.25) is 0 Å². The second kappa shape index (κ2) is 8.74. The molecule has 2 aromatic carbocycles. The zero-order chi connectivity index (χ0) is 20.1. The molecule has 0 aliphatic heterocycles. The largest absolute Gasteiger partial charge is 0.369 e. The zero-order valence-electron chi connectivity index (χ0n) is 17.0. The first-order valence-electron chi connectivity index (χ1n) is 9.61. The lowest BCUT2D eigenvalue weighted by molar-refractivity contribution is 0.0983. The lowest BCUT2D eigenvalue weighted by Crippen LogP contribution is -2.34. The molecule has 0 aliphatic rings. The van der Waals surface area contributed by atoms with Gasteiger partial charge in [-0.15, -0.1) is 0 Å². The Hall–Kier alpha value is -3.08. The average Bonchev–Trinajstić information content (AvgIpc) is 3.19. The fourth-order valence-corrected chi connectivity index (χ4v) is 3.25. The number of aromatic amines is 1. The van der Waals surface area contributed by atoms with Crippen LogP contribution in [0.15, 0.2) is 61.1 Å². The molecule has 146 valence electrons. The second-order valence-electron chi connectivity index (χ2n) is 7.58. The third-order valence-electron chi connectivity index (χ3n) is 4.71. The van der Waals surface area contributed by atoms with Gasteiger partial charge in [0.25, 0.3) is 5.91 Å². The Morgan fingerprint density at radius 1 is 1.11 bits per heavy atom. The Balaban J connectivity index is 1.90. The Morgan fingerprint density at radius 3 is 2.54 bits per heavy atom. The van der Waals surface area contributed by atoms with Crippen molar-refractivity contribution < 1.29 is 4.79 Å². The van der Waals surface area contributed by atoms with E-state index in [1.165, 1.54) is 0 Å². The third kappa shape index (κ3) is 4.60. The summed E-state index contributed by atoms with van der Waals surface area (Å²) >= 11 is 0. The summed E-state index contributed by atoms with van der Waals surface area (Å²) in [6, 6.07) is 15.9. The van der Waals surface area contributed by atoms with Gasteiger partial charge in [0.1, 0.15) is 0 Å². The predicted molar refractivity (Wildman–Crippen MR) is 115 cm³/mol. The molecular formula is C23H28N4O. The quantitative estimate of drug-likeness (QED) is 0.653. The number of carbonyl (C=O) groups is 1. The molecule has 1 amide bonds. The van der Waals surface area contributed by atoms with Crippen molar-refractivity contribution >= 4 is 17.3 Å². The van der Waals surface area contributed by atoms with Gasteiger partial charge < -0.3 is 14.8 Å². The number of carbonyl (C=O) groups excluding carboxylic acids is 1. The van der Waals surface area contributed by atoms with E-state index in [0.29, 0.717) is 12.5 Å². The van der Waals surface area contributed by atoms with Crippen molar-refractivity contribution in [3.63, 3.8) is 0 Å². The fourth-order valence-electron chi connectivity index (χ4n) is 3.25. The second-order valence-corrected chi connectivity index (χ2v) is 7.58. The van der Waals surface area contributed by atoms with E-state index in [1.807, 2.05) is 61.5 Å². The van der Waals surface area contributed by atoms with E-state index in [1.54, 1.807) is 6.33 Å². The van der Waals surface area contributed by atoms with E-state index in [0.717, 1.165) is 34.7 Å². The Bertz CT molecular complexity index is 918. The summed E-state index contributed by atoms with van der Waals surface area (Å²) in [4.78, 5) is 24.6. The summed E-state index contributed by atoms with van der Waals surface area (Å²) in [5.41, 5.74) is 4.76. The van der Waals surface area contributed by atoms with Crippen LogP contribution in [0.1, 0.15) is 35.5 Å². The number of rotatable bonds is 7. The molecule has 28 heavy (non-hydrogen) atoms. The van der Waals surface area contributed by atoms with Crippen molar-refractivity contribution in [2.45, 2.75) is 27.3 Å². The molecule has 1 N–H and O–H groups in total. The molecule has 0 bridgehead atoms. The first-order chi connectivity index (χ1) is 13.5. The van der Waals surface area contributed by atoms with Crippen molar-refractivity contribution in [3.05, 3.63) is 77.9 Å². The van der Waals surface area contributed by atoms with Gasteiger partial charge in [-0.25, -0.2) is 4.98 Å². The van der Waals surface area contributed by atoms with Crippen molar-refractivity contribution in [2.24, 2.45) is 5.92 Å². The molecule has 3 aromatic rings. The van der Waals surface area contributed by atoms with Crippen LogP contribution < -0.4 is 9.80 Å². The summed E-state index contributed by atoms with van der Waals surface area (Å²) in [6.07, 6.45) is 3.51. The van der Waals surface area contributed by atoms with Crippen molar-refractivity contribution in [1.82, 2.24) is 9.97 Å². The molecule has 5 heteroatoms. The van der Waals surface area contributed by atoms with Gasteiger partial charge in [0.05, 0.1) is 18.6 Å². The minimum absolute atomic E-state index is 0.0418. The van der Waals surface area contributed by atoms with Crippen molar-refractivity contribution in [2.75, 3.05) is 23.4 Å². The Morgan fingerprint density at radius 2 is 1.86 bits per heavy atom. The van der Waals surface area contributed by atoms with E-state index in [-0.39, 0.29) is 5.91 Å². The number of aromatic nitrogens is 2. The maximum Gasteiger partial charge on any atom is 0.258 e. The van der Waals surface area contributed by atoms with Crippen LogP contribution >= 0.6 is 0 Å². The van der Waals surface area contributed by atoms with E-state index >= 15 is 0 Å². The molecule has 1 aromatic heterocycles. The first-order valence-corrected chi connectivity index (χ1v) is 9.61. The summed E-state index contributed by atoms with van der Waals surface area (Å²) in [5.74, 6) is 0.402. The zero-order valence-corrected chi connectivity index (χ0v) is 17.0. The maximum atomic E-state index is 13.3. The number of imidazole rings is 1. The number of amides is 1. The SMILES string of the molecule is Cc1ccccc1C(=O)N(CC(C)C)c1cccc(N(C)Cc2cnc[nH]2)c1. The molecule has 0 spiro atoms. The van der Waals surface area contributed by atoms with Gasteiger partial charge in [0.15, 0.2) is 0 Å². The highest BCUT2D eigenvalue weighted by molar-refractivity contribution is 6.07. The number of hydrogen-bond acceptors (Lipinski definition) is 3. The monoisotopic (exact) mass is 376 g/mol. The van der Waals surface area contributed by atoms with Gasteiger partial charge in [-0.2, -0.15) is 0 Å². The number of anilines is 2. The van der Waals surface area contributed by atoms with Crippen LogP contribution in [-0.2, 0) is 6.54 Å². The Labute approximate surface area is 167 Å². The summed E-state index contributed by atoms with van der Waals surface area (Å²) in [6.45, 7) is 7.63. The van der Waals surface area contributed by atoms with Crippen LogP contribution in [0.3, 0.4) is 0 Å². The molecule has 0 atom stereocenters. The third-order valence-corrected chi connectivity index (χ3v) is 4.71. The van der Waals surface area contributed by atoms with Crippen molar-refractivity contribution in [3.8, 4) is 0 Å². The van der Waals surface area contributed by atoms with Crippen LogP contribution in [0.4, 0.5) is 11.4 Å². The molecule has 0 saturated carbocycles. The number of H-pyrrole nitrogens is 1. The smallest absolute Gasteiger partial charge is 0.258 e. The van der Waals surface area contributed by atoms with Gasteiger partial charge in [-0.3, -0.25) is 4.79 Å². The number of aryl methyl sites for hydroxylation is 1. The molecule has 0 saturated heterocycles. The van der Waals surface area contributed by atoms with Gasteiger partial charge in [-0.05, 0) is 42.7 Å².